The first-order valence-electron chi connectivity index (χ1n) is 7.93. The van der Waals surface area contributed by atoms with E-state index in [9.17, 15) is 4.79 Å². The minimum Gasteiger partial charge on any atom is -0.341 e. The lowest BCUT2D eigenvalue weighted by Crippen LogP contribution is -2.58. The second kappa shape index (κ2) is 5.82. The molecule has 0 aromatic heterocycles. The largest absolute Gasteiger partial charge is 0.341 e. The Hall–Kier alpha value is -0.570. The maximum Gasteiger partial charge on any atom is 0.240 e. The molecule has 2 rings (SSSR count). The zero-order valence-corrected chi connectivity index (χ0v) is 13.0. The molecule has 2 aliphatic rings. The van der Waals surface area contributed by atoms with Gasteiger partial charge in [0, 0.05) is 13.1 Å². The third kappa shape index (κ3) is 3.13. The summed E-state index contributed by atoms with van der Waals surface area (Å²) in [6.07, 6.45) is 7.37. The van der Waals surface area contributed by atoms with E-state index in [0.717, 1.165) is 13.0 Å². The summed E-state index contributed by atoms with van der Waals surface area (Å²) in [6, 6.07) is 0.446. The lowest BCUT2D eigenvalue weighted by molar-refractivity contribution is -0.139. The van der Waals surface area contributed by atoms with Gasteiger partial charge in [-0.3, -0.25) is 4.79 Å². The van der Waals surface area contributed by atoms with Crippen molar-refractivity contribution >= 4 is 5.91 Å². The molecule has 1 saturated heterocycles. The molecule has 3 unspecified atom stereocenters. The van der Waals surface area contributed by atoms with E-state index in [1.54, 1.807) is 0 Å². The van der Waals surface area contributed by atoms with Crippen molar-refractivity contribution in [2.75, 3.05) is 13.6 Å². The van der Waals surface area contributed by atoms with Gasteiger partial charge in [-0.05, 0) is 43.6 Å². The van der Waals surface area contributed by atoms with Crippen LogP contribution in [0, 0.1) is 11.3 Å². The first-order chi connectivity index (χ1) is 8.93. The Balaban J connectivity index is 2.05. The van der Waals surface area contributed by atoms with Gasteiger partial charge in [-0.1, -0.05) is 33.6 Å². The first-order valence-corrected chi connectivity index (χ1v) is 7.93. The number of nitrogens with one attached hydrogen (secondary N) is 1. The van der Waals surface area contributed by atoms with Crippen LogP contribution in [-0.2, 0) is 4.79 Å². The third-order valence-electron chi connectivity index (χ3n) is 5.29. The Morgan fingerprint density at radius 1 is 1.21 bits per heavy atom. The molecule has 3 heteroatoms. The Morgan fingerprint density at radius 3 is 2.53 bits per heavy atom. The molecule has 0 aromatic carbocycles. The van der Waals surface area contributed by atoms with Gasteiger partial charge in [0.15, 0.2) is 0 Å². The van der Waals surface area contributed by atoms with Crippen LogP contribution in [0.2, 0.25) is 0 Å². The zero-order chi connectivity index (χ0) is 14.0. The quantitative estimate of drug-likeness (QED) is 0.833. The van der Waals surface area contributed by atoms with E-state index in [-0.39, 0.29) is 11.5 Å². The smallest absolute Gasteiger partial charge is 0.240 e. The number of carbonyl (C=O) groups excluding carboxylic acids is 1. The van der Waals surface area contributed by atoms with E-state index >= 15 is 0 Å². The molecule has 19 heavy (non-hydrogen) atoms. The summed E-state index contributed by atoms with van der Waals surface area (Å²) in [5.74, 6) is 0.956. The average molecular weight is 266 g/mol. The Morgan fingerprint density at radius 2 is 1.89 bits per heavy atom. The van der Waals surface area contributed by atoms with Gasteiger partial charge in [0.1, 0.15) is 0 Å². The molecule has 1 heterocycles. The zero-order valence-electron chi connectivity index (χ0n) is 13.0. The summed E-state index contributed by atoms with van der Waals surface area (Å²) in [7, 11) is 2.02. The maximum atomic E-state index is 12.8. The molecule has 1 aliphatic heterocycles. The van der Waals surface area contributed by atoms with Crippen LogP contribution in [0.1, 0.15) is 59.3 Å². The molecule has 3 atom stereocenters. The van der Waals surface area contributed by atoms with Crippen molar-refractivity contribution < 1.29 is 4.79 Å². The van der Waals surface area contributed by atoms with Crippen molar-refractivity contribution in [3.8, 4) is 0 Å². The van der Waals surface area contributed by atoms with Gasteiger partial charge in [-0.2, -0.15) is 0 Å². The summed E-state index contributed by atoms with van der Waals surface area (Å²) in [5.41, 5.74) is 0.0848. The summed E-state index contributed by atoms with van der Waals surface area (Å²) in [5, 5.41) is 3.45. The van der Waals surface area contributed by atoms with Gasteiger partial charge in [-0.15, -0.1) is 0 Å². The SMILES string of the molecule is CC1CCCCC1N(C)C(=O)C1NCCCC1(C)C. The van der Waals surface area contributed by atoms with Gasteiger partial charge in [-0.25, -0.2) is 0 Å². The van der Waals surface area contributed by atoms with Gasteiger partial charge in [0.05, 0.1) is 6.04 Å². The Kier molecular flexibility index (Phi) is 4.54. The number of hydrogen-bond acceptors (Lipinski definition) is 2. The van der Waals surface area contributed by atoms with Crippen LogP contribution in [0.25, 0.3) is 0 Å². The molecule has 1 saturated carbocycles. The lowest BCUT2D eigenvalue weighted by atomic mass is 9.76. The van der Waals surface area contributed by atoms with Crippen molar-refractivity contribution in [3.63, 3.8) is 0 Å². The Labute approximate surface area is 118 Å². The number of amides is 1. The van der Waals surface area contributed by atoms with Crippen LogP contribution < -0.4 is 5.32 Å². The minimum absolute atomic E-state index is 0.000349. The first kappa shape index (κ1) is 14.8. The van der Waals surface area contributed by atoms with Crippen molar-refractivity contribution in [2.24, 2.45) is 11.3 Å². The van der Waals surface area contributed by atoms with Crippen LogP contribution in [0.4, 0.5) is 0 Å². The highest BCUT2D eigenvalue weighted by atomic mass is 16.2. The van der Waals surface area contributed by atoms with Crippen molar-refractivity contribution in [1.82, 2.24) is 10.2 Å². The second-order valence-electron chi connectivity index (χ2n) is 7.26. The highest BCUT2D eigenvalue weighted by Crippen LogP contribution is 2.33. The van der Waals surface area contributed by atoms with E-state index in [1.165, 1.54) is 32.1 Å². The Bertz CT molecular complexity index is 327. The molecule has 0 bridgehead atoms. The van der Waals surface area contributed by atoms with Gasteiger partial charge in [0.2, 0.25) is 5.91 Å². The molecule has 1 amide bonds. The molecule has 0 aromatic rings. The summed E-state index contributed by atoms with van der Waals surface area (Å²) in [6.45, 7) is 7.72. The minimum atomic E-state index is 0.000349. The number of piperidine rings is 1. The van der Waals surface area contributed by atoms with E-state index in [0.29, 0.717) is 17.9 Å². The molecule has 1 aliphatic carbocycles. The molecule has 0 radical (unpaired) electrons. The van der Waals surface area contributed by atoms with Gasteiger partial charge >= 0.3 is 0 Å². The summed E-state index contributed by atoms with van der Waals surface area (Å²) in [4.78, 5) is 14.9. The molecular formula is C16H30N2O. The van der Waals surface area contributed by atoms with Crippen LogP contribution in [0.15, 0.2) is 0 Å². The topological polar surface area (TPSA) is 32.3 Å². The maximum absolute atomic E-state index is 12.8. The molecule has 3 nitrogen and oxygen atoms in total. The molecule has 1 N–H and O–H groups in total. The fourth-order valence-corrected chi connectivity index (χ4v) is 3.87. The highest BCUT2D eigenvalue weighted by molar-refractivity contribution is 5.83. The van der Waals surface area contributed by atoms with Crippen molar-refractivity contribution in [2.45, 2.75) is 71.4 Å². The number of nitrogens with zero attached hydrogens (tertiary/aromatic N) is 1. The third-order valence-corrected chi connectivity index (χ3v) is 5.29. The summed E-state index contributed by atoms with van der Waals surface area (Å²) < 4.78 is 0. The normalized spacial score (nSPS) is 34.8. The van der Waals surface area contributed by atoms with E-state index in [4.69, 9.17) is 0 Å². The predicted molar refractivity (Wildman–Crippen MR) is 79.0 cm³/mol. The monoisotopic (exact) mass is 266 g/mol. The standard InChI is InChI=1S/C16H30N2O/c1-12-8-5-6-9-13(12)18(4)15(19)14-16(2,3)10-7-11-17-14/h12-14,17H,5-11H2,1-4H3. The highest BCUT2D eigenvalue weighted by Gasteiger charge is 2.40. The van der Waals surface area contributed by atoms with E-state index in [1.807, 2.05) is 7.05 Å². The lowest BCUT2D eigenvalue weighted by Gasteiger charge is -2.43. The molecule has 2 fully saturated rings. The molecule has 110 valence electrons. The van der Waals surface area contributed by atoms with Gasteiger partial charge in [0.25, 0.3) is 0 Å². The predicted octanol–water partition coefficient (Wildman–Crippen LogP) is 2.80. The number of carbonyl (C=O) groups is 1. The average Bonchev–Trinajstić information content (AvgIpc) is 2.37. The molecule has 0 spiro atoms. The fourth-order valence-electron chi connectivity index (χ4n) is 3.87. The van der Waals surface area contributed by atoms with Crippen molar-refractivity contribution in [3.05, 3.63) is 0 Å². The number of rotatable bonds is 2. The van der Waals surface area contributed by atoms with E-state index in [2.05, 4.69) is 31.0 Å². The fraction of sp³-hybridized carbons (Fsp3) is 0.938. The van der Waals surface area contributed by atoms with E-state index < -0.39 is 0 Å². The summed E-state index contributed by atoms with van der Waals surface area (Å²) >= 11 is 0. The molecular weight excluding hydrogens is 236 g/mol. The number of likely N-dealkylation sites (N-methyl/N-ethyl adjacent to an activating group) is 1. The van der Waals surface area contributed by atoms with Crippen LogP contribution in [0.3, 0.4) is 0 Å². The van der Waals surface area contributed by atoms with Crippen molar-refractivity contribution in [1.29, 1.82) is 0 Å². The van der Waals surface area contributed by atoms with Crippen LogP contribution in [-0.4, -0.2) is 36.5 Å². The second-order valence-corrected chi connectivity index (χ2v) is 7.26. The number of hydrogen-bond donors (Lipinski definition) is 1. The van der Waals surface area contributed by atoms with Crippen LogP contribution in [0.5, 0.6) is 0 Å². The van der Waals surface area contributed by atoms with Crippen LogP contribution >= 0.6 is 0 Å². The van der Waals surface area contributed by atoms with Gasteiger partial charge < -0.3 is 10.2 Å².